The topological polar surface area (TPSA) is 120 Å². The third-order valence-corrected chi connectivity index (χ3v) is 9.15. The predicted molar refractivity (Wildman–Crippen MR) is 147 cm³/mol. The van der Waals surface area contributed by atoms with Crippen molar-refractivity contribution >= 4 is 37.5 Å². The van der Waals surface area contributed by atoms with Crippen LogP contribution in [0.3, 0.4) is 0 Å². The summed E-state index contributed by atoms with van der Waals surface area (Å²) in [6, 6.07) is 13.4. The molecule has 0 fully saturated rings. The zero-order valence-electron chi connectivity index (χ0n) is 21.7. The highest BCUT2D eigenvalue weighted by atomic mass is 32.2. The molecular formula is C27H37N3O5S2. The van der Waals surface area contributed by atoms with Crippen molar-refractivity contribution in [1.82, 2.24) is 14.6 Å². The van der Waals surface area contributed by atoms with Crippen LogP contribution in [0.5, 0.6) is 0 Å². The molecule has 10 heteroatoms. The van der Waals surface area contributed by atoms with Gasteiger partial charge in [0.05, 0.1) is 32.8 Å². The maximum absolute atomic E-state index is 13.8. The van der Waals surface area contributed by atoms with E-state index in [-0.39, 0.29) is 36.2 Å². The van der Waals surface area contributed by atoms with Crippen molar-refractivity contribution in [2.24, 2.45) is 11.8 Å². The Balaban J connectivity index is 1.90. The predicted octanol–water partition coefficient (Wildman–Crippen LogP) is 3.44. The highest BCUT2D eigenvalue weighted by molar-refractivity contribution is 7.89. The molecule has 37 heavy (non-hydrogen) atoms. The summed E-state index contributed by atoms with van der Waals surface area (Å²) in [5.41, 5.74) is 3.27. The molecule has 202 valence electrons. The molecule has 0 saturated heterocycles. The number of aromatic nitrogens is 1. The van der Waals surface area contributed by atoms with E-state index in [1.807, 2.05) is 44.2 Å². The van der Waals surface area contributed by atoms with Crippen molar-refractivity contribution in [3.63, 3.8) is 0 Å². The van der Waals surface area contributed by atoms with Gasteiger partial charge in [-0.1, -0.05) is 64.4 Å². The molecule has 2 aromatic carbocycles. The smallest absolute Gasteiger partial charge is 0.249 e. The number of nitrogens with zero attached hydrogens (tertiary/aromatic N) is 2. The van der Waals surface area contributed by atoms with Crippen molar-refractivity contribution < 1.29 is 23.4 Å². The van der Waals surface area contributed by atoms with E-state index in [9.17, 15) is 23.4 Å². The molecule has 0 spiro atoms. The average Bonchev–Trinajstić information content (AvgIpc) is 3.35. The molecule has 8 nitrogen and oxygen atoms in total. The van der Waals surface area contributed by atoms with Gasteiger partial charge in [0.1, 0.15) is 6.10 Å². The van der Waals surface area contributed by atoms with Crippen LogP contribution in [0.2, 0.25) is 0 Å². The lowest BCUT2D eigenvalue weighted by Gasteiger charge is -2.31. The van der Waals surface area contributed by atoms with Crippen LogP contribution in [0.25, 0.3) is 10.2 Å². The van der Waals surface area contributed by atoms with Gasteiger partial charge < -0.3 is 15.5 Å². The zero-order chi connectivity index (χ0) is 27.2. The summed E-state index contributed by atoms with van der Waals surface area (Å²) < 4.78 is 29.6. The van der Waals surface area contributed by atoms with Crippen molar-refractivity contribution in [2.75, 3.05) is 13.1 Å². The standard InChI is InChI=1S/C27H37N3O5S2/c1-5-19(4)15-30(37(34,35)21-11-12-22-25(14-21)36-17-28-22)16-24(31)23(13-20-9-7-6-8-10-20)29-27(33)26(32)18(2)3/h6-12,14,17-19,23-24,26,31-32H,5,13,15-16H2,1-4H3,(H,29,33). The van der Waals surface area contributed by atoms with E-state index in [0.717, 1.165) is 22.2 Å². The number of carbonyl (C=O) groups is 1. The number of fused-ring (bicyclic) bond motifs is 1. The van der Waals surface area contributed by atoms with E-state index in [2.05, 4.69) is 10.3 Å². The Labute approximate surface area is 223 Å². The molecule has 4 unspecified atom stereocenters. The van der Waals surface area contributed by atoms with Crippen LogP contribution in [-0.2, 0) is 21.2 Å². The number of carbonyl (C=O) groups excluding carboxylic acids is 1. The lowest BCUT2D eigenvalue weighted by Crippen LogP contribution is -2.53. The molecule has 1 amide bonds. The maximum atomic E-state index is 13.8. The Morgan fingerprint density at radius 3 is 2.43 bits per heavy atom. The minimum Gasteiger partial charge on any atom is -0.390 e. The van der Waals surface area contributed by atoms with Gasteiger partial charge in [0.15, 0.2) is 0 Å². The second kappa shape index (κ2) is 12.9. The fourth-order valence-corrected chi connectivity index (χ4v) is 6.35. The summed E-state index contributed by atoms with van der Waals surface area (Å²) in [5, 5.41) is 24.4. The van der Waals surface area contributed by atoms with Gasteiger partial charge in [-0.05, 0) is 42.0 Å². The van der Waals surface area contributed by atoms with Gasteiger partial charge in [-0.15, -0.1) is 11.3 Å². The van der Waals surface area contributed by atoms with Gasteiger partial charge in [0.25, 0.3) is 0 Å². The minimum absolute atomic E-state index is 0.0547. The molecule has 0 aliphatic heterocycles. The van der Waals surface area contributed by atoms with Crippen LogP contribution in [-0.4, -0.2) is 65.2 Å². The number of amides is 1. The molecule has 0 aliphatic carbocycles. The van der Waals surface area contributed by atoms with E-state index in [4.69, 9.17) is 0 Å². The van der Waals surface area contributed by atoms with Crippen LogP contribution >= 0.6 is 11.3 Å². The fraction of sp³-hybridized carbons (Fsp3) is 0.481. The summed E-state index contributed by atoms with van der Waals surface area (Å²) in [6.07, 6.45) is -1.41. The third kappa shape index (κ3) is 7.58. The number of thiazole rings is 1. The second-order valence-electron chi connectivity index (χ2n) is 9.88. The Morgan fingerprint density at radius 2 is 1.78 bits per heavy atom. The van der Waals surface area contributed by atoms with Gasteiger partial charge in [0.2, 0.25) is 15.9 Å². The second-order valence-corrected chi connectivity index (χ2v) is 12.7. The van der Waals surface area contributed by atoms with Crippen LogP contribution in [0, 0.1) is 11.8 Å². The van der Waals surface area contributed by atoms with Crippen LogP contribution in [0.15, 0.2) is 58.9 Å². The van der Waals surface area contributed by atoms with Gasteiger partial charge in [-0.25, -0.2) is 13.4 Å². The molecule has 3 rings (SSSR count). The molecule has 0 aliphatic rings. The molecule has 0 saturated carbocycles. The SMILES string of the molecule is CCC(C)CN(CC(O)C(Cc1ccccc1)NC(=O)C(O)C(C)C)S(=O)(=O)c1ccc2ncsc2c1. The number of nitrogens with one attached hydrogen (secondary N) is 1. The average molecular weight is 548 g/mol. The molecule has 3 N–H and O–H groups in total. The monoisotopic (exact) mass is 547 g/mol. The van der Waals surface area contributed by atoms with E-state index < -0.39 is 34.2 Å². The summed E-state index contributed by atoms with van der Waals surface area (Å²) >= 11 is 1.36. The number of rotatable bonds is 13. The molecule has 3 aromatic rings. The number of hydrogen-bond donors (Lipinski definition) is 3. The van der Waals surface area contributed by atoms with Gasteiger partial charge in [-0.2, -0.15) is 4.31 Å². The highest BCUT2D eigenvalue weighted by Gasteiger charge is 2.33. The molecule has 1 aromatic heterocycles. The van der Waals surface area contributed by atoms with E-state index >= 15 is 0 Å². The van der Waals surface area contributed by atoms with E-state index in [1.165, 1.54) is 21.7 Å². The molecule has 0 bridgehead atoms. The Hall–Kier alpha value is -2.37. The van der Waals surface area contributed by atoms with Crippen LogP contribution < -0.4 is 5.32 Å². The Kier molecular flexibility index (Phi) is 10.2. The fourth-order valence-electron chi connectivity index (χ4n) is 3.95. The third-order valence-electron chi connectivity index (χ3n) is 6.53. The van der Waals surface area contributed by atoms with Crippen molar-refractivity contribution in [3.05, 3.63) is 59.6 Å². The first kappa shape index (κ1) is 29.2. The normalized spacial score (nSPS) is 15.6. The largest absolute Gasteiger partial charge is 0.390 e. The number of hydrogen-bond acceptors (Lipinski definition) is 7. The van der Waals surface area contributed by atoms with E-state index in [0.29, 0.717) is 0 Å². The first-order valence-electron chi connectivity index (χ1n) is 12.6. The van der Waals surface area contributed by atoms with Gasteiger partial charge in [0, 0.05) is 13.1 Å². The first-order valence-corrected chi connectivity index (χ1v) is 14.9. The number of sulfonamides is 1. The summed E-state index contributed by atoms with van der Waals surface area (Å²) in [5.74, 6) is -0.848. The lowest BCUT2D eigenvalue weighted by molar-refractivity contribution is -0.133. The van der Waals surface area contributed by atoms with Crippen molar-refractivity contribution in [1.29, 1.82) is 0 Å². The Bertz CT molecular complexity index is 1260. The molecular weight excluding hydrogens is 510 g/mol. The van der Waals surface area contributed by atoms with Gasteiger partial charge >= 0.3 is 0 Å². The highest BCUT2D eigenvalue weighted by Crippen LogP contribution is 2.25. The lowest BCUT2D eigenvalue weighted by atomic mass is 9.99. The molecule has 0 radical (unpaired) electrons. The summed E-state index contributed by atoms with van der Waals surface area (Å²) in [4.78, 5) is 17.1. The van der Waals surface area contributed by atoms with Gasteiger partial charge in [-0.3, -0.25) is 4.79 Å². The van der Waals surface area contributed by atoms with Crippen molar-refractivity contribution in [3.8, 4) is 0 Å². The zero-order valence-corrected chi connectivity index (χ0v) is 23.4. The number of benzene rings is 2. The van der Waals surface area contributed by atoms with Crippen LogP contribution in [0.4, 0.5) is 0 Å². The first-order chi connectivity index (χ1) is 17.5. The number of aliphatic hydroxyl groups is 2. The quantitative estimate of drug-likeness (QED) is 0.302. The number of aliphatic hydroxyl groups excluding tert-OH is 2. The summed E-state index contributed by atoms with van der Waals surface area (Å²) in [6.45, 7) is 7.42. The Morgan fingerprint density at radius 1 is 1.08 bits per heavy atom. The molecule has 1 heterocycles. The van der Waals surface area contributed by atoms with Crippen LogP contribution in [0.1, 0.15) is 39.7 Å². The van der Waals surface area contributed by atoms with Crippen molar-refractivity contribution in [2.45, 2.75) is 63.7 Å². The summed E-state index contributed by atoms with van der Waals surface area (Å²) in [7, 11) is -3.95. The molecule has 4 atom stereocenters. The maximum Gasteiger partial charge on any atom is 0.249 e. The van der Waals surface area contributed by atoms with E-state index in [1.54, 1.807) is 31.5 Å². The minimum atomic E-state index is -3.95.